The predicted molar refractivity (Wildman–Crippen MR) is 95.2 cm³/mol. The molecule has 1 atom stereocenters. The lowest BCUT2D eigenvalue weighted by atomic mass is 9.84. The van der Waals surface area contributed by atoms with Crippen molar-refractivity contribution in [3.8, 4) is 0 Å². The van der Waals surface area contributed by atoms with Gasteiger partial charge in [-0.1, -0.05) is 0 Å². The van der Waals surface area contributed by atoms with Gasteiger partial charge in [-0.15, -0.1) is 0 Å². The lowest BCUT2D eigenvalue weighted by Gasteiger charge is -2.50. The molecule has 0 spiro atoms. The zero-order valence-electron chi connectivity index (χ0n) is 20.7. The second-order valence-corrected chi connectivity index (χ2v) is 11.6. The molecule has 26 heteroatoms. The molecule has 4 nitrogen and oxygen atoms in total. The fourth-order valence-electron chi connectivity index (χ4n) is 3.55. The highest BCUT2D eigenvalue weighted by Gasteiger charge is 2.98. The van der Waals surface area contributed by atoms with Crippen molar-refractivity contribution in [1.82, 2.24) is 0 Å². The molecule has 1 unspecified atom stereocenters. The van der Waals surface area contributed by atoms with Crippen LogP contribution >= 0.6 is 0 Å². The predicted octanol–water partition coefficient (Wildman–Crippen LogP) is 7.65. The minimum atomic E-state index is -9.25. The van der Waals surface area contributed by atoms with Gasteiger partial charge in [0.15, 0.2) is 0 Å². The molecule has 0 aromatic carbocycles. The largest absolute Gasteiger partial charge is 0.502 e. The number of ether oxygens (including phenoxy) is 1. The van der Waals surface area contributed by atoms with E-state index in [2.05, 4.69) is 18.0 Å². The molecule has 1 heterocycles. The number of rotatable bonds is 12. The number of hydrogen-bond acceptors (Lipinski definition) is 4. The molecule has 0 aromatic rings. The molecular weight excluding hydrogens is 695 g/mol. The van der Waals surface area contributed by atoms with Gasteiger partial charge in [0.1, 0.15) is 0 Å². The Bertz CT molecular complexity index is 1010. The minimum absolute atomic E-state index is 0.0533. The van der Waals surface area contributed by atoms with E-state index in [0.717, 1.165) is 0 Å². The van der Waals surface area contributed by atoms with Crippen molar-refractivity contribution in [3.05, 3.63) is 0 Å². The highest BCUT2D eigenvalue weighted by Crippen LogP contribution is 2.67. The summed E-state index contributed by atoms with van der Waals surface area (Å²) in [5.41, 5.74) is 0. The van der Waals surface area contributed by atoms with Crippen molar-refractivity contribution < 1.29 is 110 Å². The van der Waals surface area contributed by atoms with Gasteiger partial charge < -0.3 is 18.0 Å². The van der Waals surface area contributed by atoms with Gasteiger partial charge >= 0.3 is 68.3 Å². The summed E-state index contributed by atoms with van der Waals surface area (Å²) in [6.45, 7) is 0. The van der Waals surface area contributed by atoms with E-state index >= 15 is 0 Å². The SMILES string of the molecule is COC1(C(F)(F)C(F)(F)C(F)(F)C(F)(F)C(F)(F)C(F)(F)C(F)(F)C(F)(F)C(F)(F)C(F)(F)F)CCC[Si](OC)(OC)O1. The molecule has 1 saturated heterocycles. The first kappa shape index (κ1) is 39.6. The zero-order valence-corrected chi connectivity index (χ0v) is 21.7. The maximum Gasteiger partial charge on any atom is 0.502 e. The maximum absolute atomic E-state index is 15.0. The Morgan fingerprint density at radius 1 is 0.488 bits per heavy atom. The summed E-state index contributed by atoms with van der Waals surface area (Å²) in [6, 6.07) is -0.616. The van der Waals surface area contributed by atoms with Gasteiger partial charge in [0.2, 0.25) is 5.79 Å². The second kappa shape index (κ2) is 10.6. The molecule has 1 fully saturated rings. The Kier molecular flexibility index (Phi) is 9.73. The zero-order chi connectivity index (χ0) is 34.9. The Hall–Kier alpha value is -1.41. The number of methoxy groups -OCH3 is 1. The van der Waals surface area contributed by atoms with Crippen LogP contribution in [0.5, 0.6) is 0 Å². The molecule has 0 bridgehead atoms. The lowest BCUT2D eigenvalue weighted by Crippen LogP contribution is -2.79. The molecule has 1 aliphatic heterocycles. The van der Waals surface area contributed by atoms with E-state index in [9.17, 15) is 92.2 Å². The number of alkyl halides is 21. The smallest absolute Gasteiger partial charge is 0.377 e. The fourth-order valence-corrected chi connectivity index (χ4v) is 5.82. The molecule has 1 rings (SSSR count). The van der Waals surface area contributed by atoms with E-state index in [0.29, 0.717) is 14.2 Å². The summed E-state index contributed by atoms with van der Waals surface area (Å²) in [5.74, 6) is -82.9. The normalized spacial score (nSPS) is 22.6. The monoisotopic (exact) mass is 710 g/mol. The third-order valence-electron chi connectivity index (χ3n) is 6.25. The van der Waals surface area contributed by atoms with Gasteiger partial charge in [-0.3, -0.25) is 0 Å². The van der Waals surface area contributed by atoms with Crippen molar-refractivity contribution in [2.24, 2.45) is 0 Å². The van der Waals surface area contributed by atoms with Crippen molar-refractivity contribution in [2.45, 2.75) is 84.2 Å². The third kappa shape index (κ3) is 4.85. The average Bonchev–Trinajstić information content (AvgIpc) is 2.86. The van der Waals surface area contributed by atoms with Crippen molar-refractivity contribution in [1.29, 1.82) is 0 Å². The molecule has 0 saturated carbocycles. The van der Waals surface area contributed by atoms with Crippen LogP contribution in [-0.4, -0.2) is 95.4 Å². The van der Waals surface area contributed by atoms with Crippen molar-refractivity contribution >= 4 is 8.80 Å². The highest BCUT2D eigenvalue weighted by molar-refractivity contribution is 6.60. The molecule has 0 radical (unpaired) electrons. The summed E-state index contributed by atoms with van der Waals surface area (Å²) in [6.07, 6.45) is -10.7. The molecule has 43 heavy (non-hydrogen) atoms. The second-order valence-electron chi connectivity index (χ2n) is 8.67. The molecule has 0 amide bonds. The molecule has 0 aliphatic carbocycles. The van der Waals surface area contributed by atoms with Gasteiger partial charge in [-0.2, -0.15) is 92.2 Å². The van der Waals surface area contributed by atoms with Gasteiger partial charge in [-0.05, 0) is 6.42 Å². The Morgan fingerprint density at radius 2 is 0.791 bits per heavy atom. The van der Waals surface area contributed by atoms with Crippen LogP contribution in [-0.2, 0) is 18.0 Å². The van der Waals surface area contributed by atoms with Gasteiger partial charge in [0.25, 0.3) is 0 Å². The number of halogens is 21. The van der Waals surface area contributed by atoms with Crippen molar-refractivity contribution in [3.63, 3.8) is 0 Å². The first-order chi connectivity index (χ1) is 18.6. The van der Waals surface area contributed by atoms with Gasteiger partial charge in [-0.25, -0.2) is 0 Å². The van der Waals surface area contributed by atoms with E-state index in [4.69, 9.17) is 0 Å². The van der Waals surface area contributed by atoms with E-state index in [1.54, 1.807) is 0 Å². The third-order valence-corrected chi connectivity index (χ3v) is 9.10. The van der Waals surface area contributed by atoms with E-state index < -0.39 is 93.0 Å². The van der Waals surface area contributed by atoms with Crippen LogP contribution in [0.15, 0.2) is 0 Å². The van der Waals surface area contributed by atoms with Crippen LogP contribution in [0.2, 0.25) is 6.04 Å². The average molecular weight is 710 g/mol. The Labute approximate surface area is 225 Å². The standard InChI is InChI=1S/C17H15F21O4Si/c1-39-7(5-4-6-43(40-2,41-3)42-7)8(18,19)9(20,21)10(22,23)11(24,25)12(26,27)13(28,29)14(30,31)15(32,33)16(34,35)17(36,37)38/h4-6H2,1-3H3. The van der Waals surface area contributed by atoms with Crippen LogP contribution in [0.4, 0.5) is 92.2 Å². The van der Waals surface area contributed by atoms with Crippen molar-refractivity contribution in [2.75, 3.05) is 21.3 Å². The molecular formula is C17H15F21O4Si. The molecule has 1 aliphatic rings. The molecule has 0 N–H and O–H groups in total. The maximum atomic E-state index is 15.0. The summed E-state index contributed by atoms with van der Waals surface area (Å²) in [7, 11) is -3.59. The van der Waals surface area contributed by atoms with Gasteiger partial charge in [0, 0.05) is 33.8 Å². The van der Waals surface area contributed by atoms with E-state index in [-0.39, 0.29) is 7.11 Å². The summed E-state index contributed by atoms with van der Waals surface area (Å²) in [4.78, 5) is 0. The van der Waals surface area contributed by atoms with Crippen LogP contribution < -0.4 is 0 Å². The Morgan fingerprint density at radius 3 is 1.07 bits per heavy atom. The molecule has 0 aromatic heterocycles. The fraction of sp³-hybridized carbons (Fsp3) is 1.00. The van der Waals surface area contributed by atoms with E-state index in [1.165, 1.54) is 0 Å². The minimum Gasteiger partial charge on any atom is -0.377 e. The van der Waals surface area contributed by atoms with Crippen LogP contribution in [0.25, 0.3) is 0 Å². The Balaban J connectivity index is 3.88. The summed E-state index contributed by atoms with van der Waals surface area (Å²) < 4.78 is 305. The quantitative estimate of drug-likeness (QED) is 0.154. The number of hydrogen-bond donors (Lipinski definition) is 0. The van der Waals surface area contributed by atoms with Gasteiger partial charge in [0.05, 0.1) is 0 Å². The first-order valence-corrected chi connectivity index (χ1v) is 12.4. The summed E-state index contributed by atoms with van der Waals surface area (Å²) in [5, 5.41) is 0. The van der Waals surface area contributed by atoms with Crippen LogP contribution in [0, 0.1) is 0 Å². The van der Waals surface area contributed by atoms with Crippen LogP contribution in [0.3, 0.4) is 0 Å². The van der Waals surface area contributed by atoms with Crippen LogP contribution in [0.1, 0.15) is 12.8 Å². The summed E-state index contributed by atoms with van der Waals surface area (Å²) >= 11 is 0. The lowest BCUT2D eigenvalue weighted by molar-refractivity contribution is -0.483. The van der Waals surface area contributed by atoms with E-state index in [1.807, 2.05) is 0 Å². The molecule has 258 valence electrons. The highest BCUT2D eigenvalue weighted by atomic mass is 28.4. The first-order valence-electron chi connectivity index (χ1n) is 10.4. The topological polar surface area (TPSA) is 36.9 Å².